The summed E-state index contributed by atoms with van der Waals surface area (Å²) in [5.41, 5.74) is 2.68. The quantitative estimate of drug-likeness (QED) is 0.381. The van der Waals surface area contributed by atoms with Gasteiger partial charge in [-0.25, -0.2) is 4.68 Å². The van der Waals surface area contributed by atoms with Crippen molar-refractivity contribution in [1.29, 1.82) is 0 Å². The second kappa shape index (κ2) is 13.4. The van der Waals surface area contributed by atoms with E-state index in [9.17, 15) is 9.59 Å². The van der Waals surface area contributed by atoms with Gasteiger partial charge in [0.2, 0.25) is 11.8 Å². The van der Waals surface area contributed by atoms with E-state index in [2.05, 4.69) is 33.0 Å². The van der Waals surface area contributed by atoms with E-state index >= 15 is 0 Å². The monoisotopic (exact) mass is 484 g/mol. The van der Waals surface area contributed by atoms with Crippen molar-refractivity contribution in [1.82, 2.24) is 14.7 Å². The molecule has 0 radical (unpaired) electrons. The maximum atomic E-state index is 13.3. The summed E-state index contributed by atoms with van der Waals surface area (Å²) in [5, 5.41) is 7.86. The highest BCUT2D eigenvalue weighted by atomic mass is 16.5. The molecule has 0 fully saturated rings. The number of aromatic nitrogens is 2. The summed E-state index contributed by atoms with van der Waals surface area (Å²) in [6, 6.07) is 9.89. The summed E-state index contributed by atoms with van der Waals surface area (Å²) >= 11 is 0. The Morgan fingerprint density at radius 2 is 1.89 bits per heavy atom. The molecule has 1 aromatic heterocycles. The second-order valence-electron chi connectivity index (χ2n) is 10.3. The molecule has 7 heteroatoms. The third kappa shape index (κ3) is 8.20. The third-order valence-electron chi connectivity index (χ3n) is 6.26. The summed E-state index contributed by atoms with van der Waals surface area (Å²) in [4.78, 5) is 28.2. The molecule has 1 unspecified atom stereocenters. The van der Waals surface area contributed by atoms with Crippen molar-refractivity contribution in [2.24, 2.45) is 5.92 Å². The first-order valence-electron chi connectivity index (χ1n) is 12.9. The van der Waals surface area contributed by atoms with Gasteiger partial charge in [-0.15, -0.1) is 0 Å². The lowest BCUT2D eigenvalue weighted by atomic mass is 9.92. The number of benzene rings is 1. The van der Waals surface area contributed by atoms with Crippen molar-refractivity contribution >= 4 is 17.6 Å². The molecule has 1 aromatic carbocycles. The fraction of sp³-hybridized carbons (Fsp3) is 0.607. The van der Waals surface area contributed by atoms with E-state index in [1.54, 1.807) is 16.7 Å². The number of carbonyl (C=O) groups is 2. The molecular formula is C28H44N4O3. The number of carbonyl (C=O) groups excluding carboxylic acids is 2. The van der Waals surface area contributed by atoms with Gasteiger partial charge in [-0.3, -0.25) is 9.59 Å². The molecule has 0 aliphatic heterocycles. The lowest BCUT2D eigenvalue weighted by molar-refractivity contribution is -0.139. The zero-order valence-corrected chi connectivity index (χ0v) is 22.7. The number of nitrogens with one attached hydrogen (secondary N) is 1. The molecule has 0 aliphatic carbocycles. The van der Waals surface area contributed by atoms with E-state index in [4.69, 9.17) is 9.84 Å². The van der Waals surface area contributed by atoms with Crippen LogP contribution < -0.4 is 5.32 Å². The zero-order valence-electron chi connectivity index (χ0n) is 22.7. The van der Waals surface area contributed by atoms with E-state index in [0.717, 1.165) is 42.6 Å². The molecule has 2 aromatic rings. The number of ether oxygens (including phenoxy) is 1. The Morgan fingerprint density at radius 1 is 1.17 bits per heavy atom. The van der Waals surface area contributed by atoms with Gasteiger partial charge >= 0.3 is 0 Å². The van der Waals surface area contributed by atoms with Crippen LogP contribution in [0.2, 0.25) is 0 Å². The predicted octanol–water partition coefficient (Wildman–Crippen LogP) is 5.50. The van der Waals surface area contributed by atoms with Gasteiger partial charge in [0.1, 0.15) is 5.82 Å². The molecule has 0 saturated carbocycles. The third-order valence-corrected chi connectivity index (χ3v) is 6.26. The van der Waals surface area contributed by atoms with Crippen molar-refractivity contribution in [3.05, 3.63) is 41.6 Å². The van der Waals surface area contributed by atoms with Crippen LogP contribution in [-0.4, -0.2) is 53.3 Å². The highest BCUT2D eigenvalue weighted by Gasteiger charge is 2.26. The number of methoxy groups -OCH3 is 1. The number of anilines is 1. The standard InChI is InChI=1S/C28H44N4O3/c1-8-10-15-22(9-2)27(34)31(17-13-18-35-7)20-26(33)29-25-19-24(28(4,5)6)30-32(25)23-16-12-11-14-21(23)3/h11-12,14,16,19,22H,8-10,13,15,17-18,20H2,1-7H3,(H,29,33). The number of hydrogen-bond acceptors (Lipinski definition) is 4. The van der Waals surface area contributed by atoms with Crippen LogP contribution in [0.5, 0.6) is 0 Å². The fourth-order valence-corrected chi connectivity index (χ4v) is 4.05. The summed E-state index contributed by atoms with van der Waals surface area (Å²) in [7, 11) is 1.65. The molecule has 0 spiro atoms. The first-order valence-corrected chi connectivity index (χ1v) is 12.9. The van der Waals surface area contributed by atoms with E-state index in [1.165, 1.54) is 0 Å². The van der Waals surface area contributed by atoms with Gasteiger partial charge < -0.3 is 15.0 Å². The highest BCUT2D eigenvalue weighted by molar-refractivity contribution is 5.94. The molecule has 1 N–H and O–H groups in total. The molecule has 2 amide bonds. The molecule has 7 nitrogen and oxygen atoms in total. The highest BCUT2D eigenvalue weighted by Crippen LogP contribution is 2.27. The van der Waals surface area contributed by atoms with Crippen molar-refractivity contribution in [3.8, 4) is 5.69 Å². The molecular weight excluding hydrogens is 440 g/mol. The van der Waals surface area contributed by atoms with Gasteiger partial charge in [0.15, 0.2) is 0 Å². The van der Waals surface area contributed by atoms with Crippen molar-refractivity contribution in [2.75, 3.05) is 32.1 Å². The Morgan fingerprint density at radius 3 is 2.49 bits per heavy atom. The molecule has 2 rings (SSSR count). The van der Waals surface area contributed by atoms with Crippen molar-refractivity contribution in [3.63, 3.8) is 0 Å². The SMILES string of the molecule is CCCCC(CC)C(=O)N(CCCOC)CC(=O)Nc1cc(C(C)(C)C)nn1-c1ccccc1C. The van der Waals surface area contributed by atoms with E-state index < -0.39 is 0 Å². The fourth-order valence-electron chi connectivity index (χ4n) is 4.05. The van der Waals surface area contributed by atoms with Crippen LogP contribution in [0, 0.1) is 12.8 Å². The summed E-state index contributed by atoms with van der Waals surface area (Å²) in [6.07, 6.45) is 4.37. The number of rotatable bonds is 13. The molecule has 1 heterocycles. The molecule has 194 valence electrons. The Hall–Kier alpha value is -2.67. The van der Waals surface area contributed by atoms with Crippen LogP contribution in [0.1, 0.15) is 78.0 Å². The van der Waals surface area contributed by atoms with Crippen LogP contribution in [-0.2, 0) is 19.7 Å². The number of aryl methyl sites for hydroxylation is 1. The van der Waals surface area contributed by atoms with Crippen molar-refractivity contribution < 1.29 is 14.3 Å². The normalized spacial score (nSPS) is 12.4. The van der Waals surface area contributed by atoms with Gasteiger partial charge in [-0.05, 0) is 37.8 Å². The van der Waals surface area contributed by atoms with Crippen LogP contribution >= 0.6 is 0 Å². The number of para-hydroxylation sites is 1. The number of amides is 2. The molecule has 35 heavy (non-hydrogen) atoms. The van der Waals surface area contributed by atoms with Crippen LogP contribution in [0.4, 0.5) is 5.82 Å². The first kappa shape index (κ1) is 28.6. The molecule has 0 bridgehead atoms. The first-order chi connectivity index (χ1) is 16.6. The van der Waals surface area contributed by atoms with E-state index in [0.29, 0.717) is 25.4 Å². The van der Waals surface area contributed by atoms with Gasteiger partial charge in [0, 0.05) is 37.7 Å². The Balaban J connectivity index is 2.28. The van der Waals surface area contributed by atoms with E-state index in [-0.39, 0.29) is 29.7 Å². The van der Waals surface area contributed by atoms with Gasteiger partial charge in [-0.2, -0.15) is 5.10 Å². The Labute approximate surface area is 211 Å². The average molecular weight is 485 g/mol. The van der Waals surface area contributed by atoms with Crippen molar-refractivity contribution in [2.45, 2.75) is 79.1 Å². The minimum absolute atomic E-state index is 0.00890. The second-order valence-corrected chi connectivity index (χ2v) is 10.3. The van der Waals surface area contributed by atoms with Gasteiger partial charge in [0.05, 0.1) is 17.9 Å². The molecule has 1 atom stereocenters. The molecule has 0 saturated heterocycles. The number of hydrogen-bond donors (Lipinski definition) is 1. The number of nitrogens with zero attached hydrogens (tertiary/aromatic N) is 3. The predicted molar refractivity (Wildman–Crippen MR) is 142 cm³/mol. The minimum Gasteiger partial charge on any atom is -0.385 e. The maximum absolute atomic E-state index is 13.3. The van der Waals surface area contributed by atoms with Gasteiger partial charge in [0.25, 0.3) is 0 Å². The lowest BCUT2D eigenvalue weighted by Crippen LogP contribution is -2.42. The maximum Gasteiger partial charge on any atom is 0.245 e. The van der Waals surface area contributed by atoms with Crippen LogP contribution in [0.25, 0.3) is 5.69 Å². The lowest BCUT2D eigenvalue weighted by Gasteiger charge is -2.26. The van der Waals surface area contributed by atoms with Crippen LogP contribution in [0.15, 0.2) is 30.3 Å². The summed E-state index contributed by atoms with van der Waals surface area (Å²) in [6.45, 7) is 13.5. The number of unbranched alkanes of at least 4 members (excludes halogenated alkanes) is 1. The topological polar surface area (TPSA) is 76.5 Å². The van der Waals surface area contributed by atoms with Crippen LogP contribution in [0.3, 0.4) is 0 Å². The largest absolute Gasteiger partial charge is 0.385 e. The smallest absolute Gasteiger partial charge is 0.245 e. The molecule has 0 aliphatic rings. The van der Waals surface area contributed by atoms with E-state index in [1.807, 2.05) is 44.2 Å². The minimum atomic E-state index is -0.226. The summed E-state index contributed by atoms with van der Waals surface area (Å²) in [5.74, 6) is 0.373. The zero-order chi connectivity index (χ0) is 26.0. The average Bonchev–Trinajstić information content (AvgIpc) is 3.23. The summed E-state index contributed by atoms with van der Waals surface area (Å²) < 4.78 is 6.98. The Bertz CT molecular complexity index is 961. The Kier molecular flexibility index (Phi) is 11.0. The van der Waals surface area contributed by atoms with Gasteiger partial charge in [-0.1, -0.05) is 65.7 Å².